The molecule has 0 unspecified atom stereocenters. The van der Waals surface area contributed by atoms with Gasteiger partial charge in [-0.3, -0.25) is 4.79 Å². The molecule has 2 heterocycles. The van der Waals surface area contributed by atoms with Crippen LogP contribution in [-0.2, 0) is 6.42 Å². The number of carbonyl (C=O) groups excluding carboxylic acids is 1. The lowest BCUT2D eigenvalue weighted by molar-refractivity contribution is 0.102. The summed E-state index contributed by atoms with van der Waals surface area (Å²) in [5.74, 6) is 0.885. The van der Waals surface area contributed by atoms with E-state index in [4.69, 9.17) is 14.0 Å². The van der Waals surface area contributed by atoms with Crippen LogP contribution in [0.3, 0.4) is 0 Å². The van der Waals surface area contributed by atoms with E-state index in [-0.39, 0.29) is 5.91 Å². The van der Waals surface area contributed by atoms with E-state index in [0.29, 0.717) is 34.9 Å². The number of rotatable bonds is 5. The highest BCUT2D eigenvalue weighted by Crippen LogP contribution is 2.33. The maximum atomic E-state index is 12.6. The van der Waals surface area contributed by atoms with Gasteiger partial charge in [0.1, 0.15) is 0 Å². The highest BCUT2D eigenvalue weighted by atomic mass is 16.5. The summed E-state index contributed by atoms with van der Waals surface area (Å²) in [5.41, 5.74) is 3.14. The molecule has 1 aromatic carbocycles. The maximum Gasteiger partial charge on any atom is 0.257 e. The van der Waals surface area contributed by atoms with Crippen molar-refractivity contribution in [2.75, 3.05) is 19.5 Å². The lowest BCUT2D eigenvalue weighted by atomic mass is 10.1. The highest BCUT2D eigenvalue weighted by Gasteiger charge is 2.15. The fourth-order valence-corrected chi connectivity index (χ4v) is 2.57. The number of hydrogen-bond donors (Lipinski definition) is 1. The van der Waals surface area contributed by atoms with Gasteiger partial charge in [0.25, 0.3) is 11.6 Å². The van der Waals surface area contributed by atoms with Crippen molar-refractivity contribution < 1.29 is 18.8 Å². The molecule has 1 N–H and O–H groups in total. The molecule has 7 nitrogen and oxygen atoms in total. The third kappa shape index (κ3) is 3.13. The second-order valence-electron chi connectivity index (χ2n) is 5.54. The lowest BCUT2D eigenvalue weighted by Gasteiger charge is -2.13. The summed E-state index contributed by atoms with van der Waals surface area (Å²) < 4.78 is 15.7. The van der Waals surface area contributed by atoms with Crippen molar-refractivity contribution in [3.05, 3.63) is 41.2 Å². The summed E-state index contributed by atoms with van der Waals surface area (Å²) in [7, 11) is 3.12. The number of nitrogens with one attached hydrogen (secondary N) is 1. The van der Waals surface area contributed by atoms with Gasteiger partial charge in [-0.25, -0.2) is 4.98 Å². The molecule has 0 aliphatic carbocycles. The molecule has 0 radical (unpaired) electrons. The molecular weight excluding hydrogens is 322 g/mol. The highest BCUT2D eigenvalue weighted by molar-refractivity contribution is 6.06. The zero-order valence-corrected chi connectivity index (χ0v) is 14.5. The van der Waals surface area contributed by atoms with Gasteiger partial charge in [-0.2, -0.15) is 0 Å². The van der Waals surface area contributed by atoms with E-state index in [1.165, 1.54) is 6.20 Å². The first kappa shape index (κ1) is 16.8. The molecule has 0 aliphatic heterocycles. The number of anilines is 1. The fourth-order valence-electron chi connectivity index (χ4n) is 2.57. The molecule has 0 saturated heterocycles. The third-order valence-electron chi connectivity index (χ3n) is 3.98. The minimum Gasteiger partial charge on any atom is -0.493 e. The first-order valence-corrected chi connectivity index (χ1v) is 7.85. The van der Waals surface area contributed by atoms with Crippen LogP contribution in [-0.4, -0.2) is 30.3 Å². The quantitative estimate of drug-likeness (QED) is 0.766. The van der Waals surface area contributed by atoms with E-state index in [0.717, 1.165) is 16.6 Å². The molecule has 3 rings (SSSR count). The predicted octanol–water partition coefficient (Wildman–Crippen LogP) is 3.36. The zero-order chi connectivity index (χ0) is 18.0. The van der Waals surface area contributed by atoms with Gasteiger partial charge in [0.2, 0.25) is 0 Å². The van der Waals surface area contributed by atoms with Crippen LogP contribution < -0.4 is 14.8 Å². The Morgan fingerprint density at radius 1 is 1.20 bits per heavy atom. The molecule has 1 amide bonds. The van der Waals surface area contributed by atoms with Gasteiger partial charge in [-0.05, 0) is 31.0 Å². The van der Waals surface area contributed by atoms with Crippen LogP contribution in [0.4, 0.5) is 5.69 Å². The average molecular weight is 341 g/mol. The summed E-state index contributed by atoms with van der Waals surface area (Å²) in [5, 5.41) is 7.59. The molecule has 25 heavy (non-hydrogen) atoms. The minimum absolute atomic E-state index is 0.270. The molecular formula is C18H19N3O4. The first-order valence-electron chi connectivity index (χ1n) is 7.85. The third-order valence-corrected chi connectivity index (χ3v) is 3.98. The van der Waals surface area contributed by atoms with Crippen molar-refractivity contribution >= 4 is 22.7 Å². The molecule has 0 spiro atoms. The van der Waals surface area contributed by atoms with Crippen LogP contribution in [0, 0.1) is 6.92 Å². The minimum atomic E-state index is -0.270. The van der Waals surface area contributed by atoms with Gasteiger partial charge in [-0.1, -0.05) is 12.1 Å². The molecule has 0 aliphatic rings. The number of hydrogen-bond acceptors (Lipinski definition) is 6. The fraction of sp³-hybridized carbons (Fsp3) is 0.278. The van der Waals surface area contributed by atoms with Gasteiger partial charge < -0.3 is 19.3 Å². The number of amides is 1. The Hall–Kier alpha value is -3.09. The maximum absolute atomic E-state index is 12.6. The normalized spacial score (nSPS) is 10.7. The number of aromatic nitrogens is 2. The first-order chi connectivity index (χ1) is 12.1. The molecule has 7 heteroatoms. The van der Waals surface area contributed by atoms with E-state index in [2.05, 4.69) is 15.5 Å². The van der Waals surface area contributed by atoms with Crippen LogP contribution >= 0.6 is 0 Å². The van der Waals surface area contributed by atoms with Crippen LogP contribution in [0.15, 0.2) is 28.9 Å². The number of carbonyl (C=O) groups is 1. The van der Waals surface area contributed by atoms with E-state index >= 15 is 0 Å². The number of ether oxygens (including phenoxy) is 2. The Bertz CT molecular complexity index is 933. The van der Waals surface area contributed by atoms with Crippen molar-refractivity contribution in [2.24, 2.45) is 0 Å². The molecule has 0 fully saturated rings. The Kier molecular flexibility index (Phi) is 4.56. The monoisotopic (exact) mass is 341 g/mol. The van der Waals surface area contributed by atoms with Crippen molar-refractivity contribution in [1.29, 1.82) is 0 Å². The SMILES string of the molecule is CCc1noc2ncc(C(=O)Nc3cc(OC)c(OC)cc3C)cc12. The number of fused-ring (bicyclic) bond motifs is 1. The van der Waals surface area contributed by atoms with E-state index < -0.39 is 0 Å². The van der Waals surface area contributed by atoms with Crippen molar-refractivity contribution in [1.82, 2.24) is 10.1 Å². The van der Waals surface area contributed by atoms with E-state index in [1.807, 2.05) is 19.9 Å². The van der Waals surface area contributed by atoms with Crippen LogP contribution in [0.2, 0.25) is 0 Å². The largest absolute Gasteiger partial charge is 0.493 e. The number of pyridine rings is 1. The lowest BCUT2D eigenvalue weighted by Crippen LogP contribution is -2.13. The predicted molar refractivity (Wildman–Crippen MR) is 93.4 cm³/mol. The average Bonchev–Trinajstić information content (AvgIpc) is 3.05. The van der Waals surface area contributed by atoms with Gasteiger partial charge >= 0.3 is 0 Å². The summed E-state index contributed by atoms with van der Waals surface area (Å²) in [6.07, 6.45) is 2.17. The van der Waals surface area contributed by atoms with Crippen LogP contribution in [0.25, 0.3) is 11.1 Å². The Balaban J connectivity index is 1.92. The summed E-state index contributed by atoms with van der Waals surface area (Å²) in [6, 6.07) is 5.28. The standard InChI is InChI=1S/C18H19N3O4/c1-5-13-12-7-11(9-19-18(12)25-21-13)17(22)20-14-8-16(24-4)15(23-3)6-10(14)2/h6-9H,5H2,1-4H3,(H,20,22). The summed E-state index contributed by atoms with van der Waals surface area (Å²) >= 11 is 0. The second kappa shape index (κ2) is 6.80. The van der Waals surface area contributed by atoms with Gasteiger partial charge in [0.05, 0.1) is 30.9 Å². The Morgan fingerprint density at radius 2 is 1.92 bits per heavy atom. The van der Waals surface area contributed by atoms with E-state index in [9.17, 15) is 4.79 Å². The molecule has 130 valence electrons. The molecule has 3 aromatic rings. The van der Waals surface area contributed by atoms with E-state index in [1.54, 1.807) is 26.4 Å². The molecule has 0 bridgehead atoms. The summed E-state index contributed by atoms with van der Waals surface area (Å²) in [4.78, 5) is 16.8. The smallest absolute Gasteiger partial charge is 0.257 e. The van der Waals surface area contributed by atoms with Gasteiger partial charge in [0.15, 0.2) is 11.5 Å². The van der Waals surface area contributed by atoms with Crippen molar-refractivity contribution in [2.45, 2.75) is 20.3 Å². The number of aryl methyl sites for hydroxylation is 2. The number of benzene rings is 1. The van der Waals surface area contributed by atoms with Crippen LogP contribution in [0.5, 0.6) is 11.5 Å². The Morgan fingerprint density at radius 3 is 2.60 bits per heavy atom. The van der Waals surface area contributed by atoms with Gasteiger partial charge in [0, 0.05) is 18.0 Å². The van der Waals surface area contributed by atoms with Gasteiger partial charge in [-0.15, -0.1) is 0 Å². The molecule has 2 aromatic heterocycles. The Labute approximate surface area is 144 Å². The topological polar surface area (TPSA) is 86.5 Å². The number of nitrogens with zero attached hydrogens (tertiary/aromatic N) is 2. The second-order valence-corrected chi connectivity index (χ2v) is 5.54. The summed E-state index contributed by atoms with van der Waals surface area (Å²) in [6.45, 7) is 3.85. The molecule has 0 atom stereocenters. The van der Waals surface area contributed by atoms with Crippen molar-refractivity contribution in [3.8, 4) is 11.5 Å². The van der Waals surface area contributed by atoms with Crippen LogP contribution in [0.1, 0.15) is 28.5 Å². The molecule has 0 saturated carbocycles. The zero-order valence-electron chi connectivity index (χ0n) is 14.5. The number of methoxy groups -OCH3 is 2. The van der Waals surface area contributed by atoms with Crippen molar-refractivity contribution in [3.63, 3.8) is 0 Å².